The predicted octanol–water partition coefficient (Wildman–Crippen LogP) is 1.82. The summed E-state index contributed by atoms with van der Waals surface area (Å²) in [5, 5.41) is 58.2. The number of rotatable bonds is 6. The van der Waals surface area contributed by atoms with E-state index in [1.165, 1.54) is 13.2 Å². The van der Waals surface area contributed by atoms with Crippen molar-refractivity contribution in [2.75, 3.05) is 31.4 Å². The Hall–Kier alpha value is -4.71. The summed E-state index contributed by atoms with van der Waals surface area (Å²) in [7, 11) is 5.00. The molecule has 1 amide bonds. The number of hydrogen-bond acceptors (Lipinski definition) is 11. The fourth-order valence-corrected chi connectivity index (χ4v) is 6.25. The molecule has 41 heavy (non-hydrogen) atoms. The number of aliphatic hydroxyl groups is 3. The molecule has 5 rings (SSSR count). The first-order chi connectivity index (χ1) is 19.3. The summed E-state index contributed by atoms with van der Waals surface area (Å²) in [6, 6.07) is 6.53. The molecule has 0 aromatic heterocycles. The number of benzene rings is 2. The van der Waals surface area contributed by atoms with Gasteiger partial charge >= 0.3 is 0 Å². The third-order valence-electron chi connectivity index (χ3n) is 8.25. The minimum Gasteiger partial charge on any atom is -0.508 e. The van der Waals surface area contributed by atoms with Gasteiger partial charge in [0.15, 0.2) is 22.9 Å². The van der Waals surface area contributed by atoms with E-state index in [9.17, 15) is 39.9 Å². The Morgan fingerprint density at radius 2 is 1.85 bits per heavy atom. The zero-order valence-corrected chi connectivity index (χ0v) is 22.7. The SMILES string of the molecule is COc1ccc(CNc2cc(N(C)C)c3c(c2O)C(O)=C2C(=O)C4(O)C(O)=C(C(N)=O)C(=O)CC4CC2C3)cc1O. The lowest BCUT2D eigenvalue weighted by atomic mass is 9.59. The Morgan fingerprint density at radius 1 is 1.15 bits per heavy atom. The molecule has 2 aromatic carbocycles. The first-order valence-electron chi connectivity index (χ1n) is 12.9. The second-order valence-corrected chi connectivity index (χ2v) is 10.8. The van der Waals surface area contributed by atoms with Crippen LogP contribution in [0.3, 0.4) is 0 Å². The molecule has 1 saturated carbocycles. The number of aromatic hydroxyl groups is 2. The zero-order chi connectivity index (χ0) is 30.0. The molecule has 0 heterocycles. The van der Waals surface area contributed by atoms with Crippen molar-refractivity contribution in [3.63, 3.8) is 0 Å². The summed E-state index contributed by atoms with van der Waals surface area (Å²) in [5.74, 6) is -6.53. The van der Waals surface area contributed by atoms with Crippen molar-refractivity contribution < 1.29 is 44.7 Å². The van der Waals surface area contributed by atoms with E-state index in [1.54, 1.807) is 37.2 Å². The maximum Gasteiger partial charge on any atom is 0.255 e. The summed E-state index contributed by atoms with van der Waals surface area (Å²) in [6.45, 7) is 0.180. The summed E-state index contributed by atoms with van der Waals surface area (Å²) in [4.78, 5) is 39.9. The van der Waals surface area contributed by atoms with Crippen LogP contribution in [0.2, 0.25) is 0 Å². The summed E-state index contributed by atoms with van der Waals surface area (Å²) >= 11 is 0. The normalized spacial score (nSPS) is 23.5. The molecule has 0 radical (unpaired) electrons. The van der Waals surface area contributed by atoms with Crippen LogP contribution in [-0.4, -0.2) is 69.8 Å². The van der Waals surface area contributed by atoms with Gasteiger partial charge in [-0.15, -0.1) is 0 Å². The van der Waals surface area contributed by atoms with Gasteiger partial charge in [0.2, 0.25) is 5.78 Å². The van der Waals surface area contributed by atoms with E-state index < -0.39 is 52.0 Å². The number of nitrogens with one attached hydrogen (secondary N) is 1. The van der Waals surface area contributed by atoms with Crippen LogP contribution in [0.5, 0.6) is 17.2 Å². The monoisotopic (exact) mass is 565 g/mol. The molecule has 0 bridgehead atoms. The Labute approximate surface area is 235 Å². The average Bonchev–Trinajstić information content (AvgIpc) is 2.90. The predicted molar refractivity (Wildman–Crippen MR) is 148 cm³/mol. The van der Waals surface area contributed by atoms with Crippen molar-refractivity contribution in [1.29, 1.82) is 0 Å². The molecule has 1 fully saturated rings. The topological polar surface area (TPSA) is 203 Å². The number of methoxy groups -OCH3 is 1. The number of phenols is 2. The maximum absolute atomic E-state index is 13.8. The molecule has 3 atom stereocenters. The highest BCUT2D eigenvalue weighted by atomic mass is 16.5. The van der Waals surface area contributed by atoms with Crippen molar-refractivity contribution in [2.24, 2.45) is 17.6 Å². The van der Waals surface area contributed by atoms with Crippen molar-refractivity contribution in [1.82, 2.24) is 0 Å². The van der Waals surface area contributed by atoms with Crippen LogP contribution in [0.1, 0.15) is 29.5 Å². The highest BCUT2D eigenvalue weighted by Gasteiger charge is 2.60. The van der Waals surface area contributed by atoms with Crippen LogP contribution in [0.4, 0.5) is 11.4 Å². The number of fused-ring (bicyclic) bond motifs is 3. The number of ether oxygens (including phenoxy) is 1. The number of primary amides is 1. The largest absolute Gasteiger partial charge is 0.508 e. The number of aliphatic hydroxyl groups excluding tert-OH is 2. The molecule has 8 N–H and O–H groups in total. The van der Waals surface area contributed by atoms with Gasteiger partial charge in [0.25, 0.3) is 5.91 Å². The maximum atomic E-state index is 13.8. The molecular weight excluding hydrogens is 534 g/mol. The standard InChI is InChI=1S/C29H31N3O9/c1-32(2)17-10-16(31-11-12-4-5-20(41-3)18(33)6-12)24(35)22-15(17)8-13-7-14-9-19(34)23(28(30)39)27(38)29(14,40)26(37)21(13)25(22)36/h4-6,10,13-14,31,33,35-36,38,40H,7-9,11H2,1-3H3,(H2,30,39). The molecule has 0 saturated heterocycles. The quantitative estimate of drug-likeness (QED) is 0.199. The number of anilines is 2. The second kappa shape index (κ2) is 9.73. The average molecular weight is 566 g/mol. The number of ketones is 2. The van der Waals surface area contributed by atoms with Crippen molar-refractivity contribution in [2.45, 2.75) is 31.4 Å². The van der Waals surface area contributed by atoms with Gasteiger partial charge in [-0.3, -0.25) is 14.4 Å². The molecule has 3 aliphatic carbocycles. The lowest BCUT2D eigenvalue weighted by Gasteiger charge is -2.46. The summed E-state index contributed by atoms with van der Waals surface area (Å²) in [5.41, 5.74) is 3.68. The van der Waals surface area contributed by atoms with Crippen molar-refractivity contribution in [3.8, 4) is 17.2 Å². The van der Waals surface area contributed by atoms with Crippen LogP contribution in [-0.2, 0) is 27.3 Å². The van der Waals surface area contributed by atoms with Gasteiger partial charge < -0.3 is 46.2 Å². The van der Waals surface area contributed by atoms with Gasteiger partial charge in [0.05, 0.1) is 18.4 Å². The number of nitrogens with zero attached hydrogens (tertiary/aromatic N) is 1. The van der Waals surface area contributed by atoms with Crippen LogP contribution < -0.4 is 20.7 Å². The van der Waals surface area contributed by atoms with Gasteiger partial charge in [-0.25, -0.2) is 0 Å². The first-order valence-corrected chi connectivity index (χ1v) is 12.9. The van der Waals surface area contributed by atoms with Crippen LogP contribution in [0.25, 0.3) is 5.76 Å². The van der Waals surface area contributed by atoms with E-state index in [4.69, 9.17) is 10.5 Å². The molecule has 3 unspecified atom stereocenters. The zero-order valence-electron chi connectivity index (χ0n) is 22.7. The number of carbonyl (C=O) groups excluding carboxylic acids is 3. The number of hydrogen-bond donors (Lipinski definition) is 7. The smallest absolute Gasteiger partial charge is 0.255 e. The number of carbonyl (C=O) groups is 3. The van der Waals surface area contributed by atoms with E-state index >= 15 is 0 Å². The third kappa shape index (κ3) is 4.13. The molecular formula is C29H31N3O9. The molecule has 3 aliphatic rings. The number of phenolic OH excluding ortho intramolecular Hbond substituents is 2. The summed E-state index contributed by atoms with van der Waals surface area (Å²) < 4.78 is 5.07. The molecule has 12 heteroatoms. The number of Topliss-reactive ketones (excluding diaryl/α,β-unsaturated/α-hetero) is 2. The van der Waals surface area contributed by atoms with Crippen molar-refractivity contribution in [3.05, 3.63) is 57.9 Å². The Morgan fingerprint density at radius 3 is 2.46 bits per heavy atom. The number of amides is 1. The fraction of sp³-hybridized carbons (Fsp3) is 0.345. The highest BCUT2D eigenvalue weighted by Crippen LogP contribution is 2.54. The van der Waals surface area contributed by atoms with Gasteiger partial charge in [0, 0.05) is 44.2 Å². The first kappa shape index (κ1) is 27.8. The van der Waals surface area contributed by atoms with Gasteiger partial charge in [-0.05, 0) is 48.1 Å². The molecule has 2 aromatic rings. The van der Waals surface area contributed by atoms with E-state index in [0.717, 1.165) is 0 Å². The van der Waals surface area contributed by atoms with E-state index in [2.05, 4.69) is 5.32 Å². The van der Waals surface area contributed by atoms with E-state index in [-0.39, 0.29) is 54.1 Å². The molecule has 216 valence electrons. The van der Waals surface area contributed by atoms with Gasteiger partial charge in [0.1, 0.15) is 22.8 Å². The minimum atomic E-state index is -2.62. The third-order valence-corrected chi connectivity index (χ3v) is 8.25. The lowest BCUT2D eigenvalue weighted by Crippen LogP contribution is -2.58. The Bertz CT molecular complexity index is 1580. The molecule has 0 aliphatic heterocycles. The van der Waals surface area contributed by atoms with Gasteiger partial charge in [-0.2, -0.15) is 0 Å². The van der Waals surface area contributed by atoms with Crippen LogP contribution in [0, 0.1) is 11.8 Å². The molecule has 12 nitrogen and oxygen atoms in total. The van der Waals surface area contributed by atoms with E-state index in [1.807, 2.05) is 0 Å². The van der Waals surface area contributed by atoms with Crippen molar-refractivity contribution >= 4 is 34.6 Å². The second-order valence-electron chi connectivity index (χ2n) is 10.8. The Balaban J connectivity index is 1.60. The van der Waals surface area contributed by atoms with E-state index in [0.29, 0.717) is 22.6 Å². The lowest BCUT2D eigenvalue weighted by molar-refractivity contribution is -0.147. The van der Waals surface area contributed by atoms with Gasteiger partial charge in [-0.1, -0.05) is 6.07 Å². The van der Waals surface area contributed by atoms with Crippen LogP contribution in [0.15, 0.2) is 41.2 Å². The highest BCUT2D eigenvalue weighted by molar-refractivity contribution is 6.22. The minimum absolute atomic E-state index is 0.0107. The Kier molecular flexibility index (Phi) is 6.61. The molecule has 0 spiro atoms. The van der Waals surface area contributed by atoms with Crippen LogP contribution >= 0.6 is 0 Å². The fourth-order valence-electron chi connectivity index (χ4n) is 6.25. The summed E-state index contributed by atoms with van der Waals surface area (Å²) in [6.07, 6.45) is -0.128. The number of nitrogens with two attached hydrogens (primary N) is 1.